The van der Waals surface area contributed by atoms with E-state index in [1.165, 1.54) is 10.4 Å². The molecule has 3 rings (SSSR count). The molecule has 0 aliphatic rings. The van der Waals surface area contributed by atoms with Crippen LogP contribution in [0.2, 0.25) is 0 Å². The van der Waals surface area contributed by atoms with Crippen molar-refractivity contribution in [3.8, 4) is 0 Å². The van der Waals surface area contributed by atoms with Gasteiger partial charge in [0.05, 0.1) is 6.26 Å². The molecule has 0 aliphatic carbocycles. The monoisotopic (exact) mass is 536 g/mol. The Morgan fingerprint density at radius 1 is 0.486 bits per heavy atom. The van der Waals surface area contributed by atoms with E-state index in [9.17, 15) is 0 Å². The number of benzene rings is 1. The fraction of sp³-hybridized carbons (Fsp3) is 0.600. The number of rotatable bonds is 3. The van der Waals surface area contributed by atoms with Crippen molar-refractivity contribution in [3.63, 3.8) is 0 Å². The van der Waals surface area contributed by atoms with Crippen LogP contribution in [0.1, 0.15) is 159 Å². The van der Waals surface area contributed by atoms with E-state index in [0.717, 1.165) is 5.76 Å². The minimum Gasteiger partial charge on any atom is -0.469 e. The van der Waals surface area contributed by atoms with Gasteiger partial charge in [-0.05, 0) is 41.0 Å². The lowest BCUT2D eigenvalue weighted by Gasteiger charge is -2.01. The summed E-state index contributed by atoms with van der Waals surface area (Å²) in [6, 6.07) is 18.7. The molecule has 1 aromatic carbocycles. The summed E-state index contributed by atoms with van der Waals surface area (Å²) in [6.45, 7) is 37.1. The third kappa shape index (κ3) is 34.2. The van der Waals surface area contributed by atoms with Crippen LogP contribution in [0.3, 0.4) is 0 Å². The average molecular weight is 537 g/mol. The lowest BCUT2D eigenvalue weighted by molar-refractivity contribution is 0.487. The second-order valence-electron chi connectivity index (χ2n) is 6.91. The van der Waals surface area contributed by atoms with E-state index >= 15 is 0 Å². The van der Waals surface area contributed by atoms with E-state index in [4.69, 9.17) is 4.42 Å². The molecule has 0 bridgehead atoms. The topological polar surface area (TPSA) is 13.1 Å². The van der Waals surface area contributed by atoms with Crippen molar-refractivity contribution >= 4 is 11.3 Å². The quantitative estimate of drug-likeness (QED) is 0.324. The molecule has 0 fully saturated rings. The van der Waals surface area contributed by atoms with Crippen molar-refractivity contribution in [1.82, 2.24) is 0 Å². The summed E-state index contributed by atoms with van der Waals surface area (Å²) in [5.41, 5.74) is 1.41. The zero-order valence-electron chi connectivity index (χ0n) is 28.4. The summed E-state index contributed by atoms with van der Waals surface area (Å²) < 4.78 is 5.09. The van der Waals surface area contributed by atoms with Crippen LogP contribution in [0.4, 0.5) is 0 Å². The van der Waals surface area contributed by atoms with Gasteiger partial charge in [-0.3, -0.25) is 0 Å². The average Bonchev–Trinajstić information content (AvgIpc) is 3.72. The van der Waals surface area contributed by atoms with E-state index in [1.54, 1.807) is 6.26 Å². The molecule has 0 aliphatic heterocycles. The Balaban J connectivity index is -0.0000000810. The molecule has 0 amide bonds. The Labute approximate surface area is 240 Å². The molecule has 2 heteroatoms. The molecule has 2 heterocycles. The van der Waals surface area contributed by atoms with Gasteiger partial charge in [-0.25, -0.2) is 0 Å². The van der Waals surface area contributed by atoms with Crippen molar-refractivity contribution in [3.05, 3.63) is 82.4 Å². The summed E-state index contributed by atoms with van der Waals surface area (Å²) in [6.07, 6.45) is 1.70. The smallest absolute Gasteiger partial charge is 0.106 e. The standard InChI is InChI=1S/C9H12.C7H10O.C7H10S.6C2H6/c1-8(2)9-6-4-3-5-7-9;2*1-6(2)7-4-3-5-8-7;6*1-2/h3-8H,1-2H3;2*3-6H,1-2H3;6*1-2H3. The van der Waals surface area contributed by atoms with Crippen LogP contribution in [0.25, 0.3) is 0 Å². The van der Waals surface area contributed by atoms with Gasteiger partial charge >= 0.3 is 0 Å². The molecule has 0 unspecified atom stereocenters. The highest BCUT2D eigenvalue weighted by molar-refractivity contribution is 7.10. The third-order valence-electron chi connectivity index (χ3n) is 3.69. The molecular weight excluding hydrogens is 468 g/mol. The molecule has 2 aromatic heterocycles. The van der Waals surface area contributed by atoms with Crippen molar-refractivity contribution < 1.29 is 4.42 Å². The first-order valence-corrected chi connectivity index (χ1v) is 15.9. The molecular formula is C35H68OS. The molecule has 0 saturated heterocycles. The van der Waals surface area contributed by atoms with Crippen LogP contribution in [0.15, 0.2) is 70.7 Å². The van der Waals surface area contributed by atoms with Gasteiger partial charge < -0.3 is 4.42 Å². The van der Waals surface area contributed by atoms with Gasteiger partial charge in [-0.1, -0.05) is 161 Å². The Morgan fingerprint density at radius 2 is 0.946 bits per heavy atom. The van der Waals surface area contributed by atoms with Gasteiger partial charge in [0, 0.05) is 10.8 Å². The van der Waals surface area contributed by atoms with Crippen molar-refractivity contribution in [1.29, 1.82) is 0 Å². The number of hydrogen-bond acceptors (Lipinski definition) is 2. The summed E-state index contributed by atoms with van der Waals surface area (Å²) in [4.78, 5) is 1.48. The maximum absolute atomic E-state index is 5.09. The Kier molecular flexibility index (Phi) is 57.7. The lowest BCUT2D eigenvalue weighted by Crippen LogP contribution is -1.83. The molecule has 220 valence electrons. The predicted molar refractivity (Wildman–Crippen MR) is 180 cm³/mol. The van der Waals surface area contributed by atoms with Gasteiger partial charge in [0.25, 0.3) is 0 Å². The Bertz CT molecular complexity index is 598. The molecule has 0 saturated carbocycles. The molecule has 0 atom stereocenters. The second-order valence-corrected chi connectivity index (χ2v) is 7.88. The minimum absolute atomic E-state index is 0.519. The van der Waals surface area contributed by atoms with E-state index < -0.39 is 0 Å². The first-order valence-electron chi connectivity index (χ1n) is 15.0. The SMILES string of the molecule is CC.CC.CC.CC.CC.CC.CC(C)c1ccccc1.CC(C)c1ccco1.CC(C)c1cccs1. The van der Waals surface area contributed by atoms with Gasteiger partial charge in [0.2, 0.25) is 0 Å². The van der Waals surface area contributed by atoms with Crippen molar-refractivity contribution in [2.24, 2.45) is 0 Å². The van der Waals surface area contributed by atoms with Gasteiger partial charge in [0.1, 0.15) is 5.76 Å². The maximum Gasteiger partial charge on any atom is 0.106 e. The summed E-state index contributed by atoms with van der Waals surface area (Å²) in [7, 11) is 0. The van der Waals surface area contributed by atoms with E-state index in [1.807, 2.05) is 113 Å². The zero-order valence-corrected chi connectivity index (χ0v) is 29.2. The Morgan fingerprint density at radius 3 is 1.14 bits per heavy atom. The second kappa shape index (κ2) is 44.2. The van der Waals surface area contributed by atoms with E-state index in [-0.39, 0.29) is 0 Å². The Hall–Kier alpha value is -1.80. The number of furan rings is 1. The van der Waals surface area contributed by atoms with E-state index in [2.05, 4.69) is 83.3 Å². The largest absolute Gasteiger partial charge is 0.469 e. The van der Waals surface area contributed by atoms with Crippen LogP contribution < -0.4 is 0 Å². The summed E-state index contributed by atoms with van der Waals surface area (Å²) in [5, 5.41) is 2.12. The van der Waals surface area contributed by atoms with Crippen molar-refractivity contribution in [2.45, 2.75) is 142 Å². The normalized spacial score (nSPS) is 7.92. The minimum atomic E-state index is 0.519. The molecule has 0 radical (unpaired) electrons. The highest BCUT2D eigenvalue weighted by Crippen LogP contribution is 2.18. The molecule has 37 heavy (non-hydrogen) atoms. The summed E-state index contributed by atoms with van der Waals surface area (Å²) in [5.74, 6) is 2.94. The first-order chi connectivity index (χ1) is 17.9. The fourth-order valence-electron chi connectivity index (χ4n) is 2.08. The highest BCUT2D eigenvalue weighted by atomic mass is 32.1. The van der Waals surface area contributed by atoms with Crippen LogP contribution in [0.5, 0.6) is 0 Å². The maximum atomic E-state index is 5.09. The third-order valence-corrected chi connectivity index (χ3v) is 4.86. The van der Waals surface area contributed by atoms with Crippen LogP contribution >= 0.6 is 11.3 Å². The predicted octanol–water partition coefficient (Wildman–Crippen LogP) is 14.2. The first kappa shape index (κ1) is 48.3. The van der Waals surface area contributed by atoms with Gasteiger partial charge in [0.15, 0.2) is 0 Å². The zero-order chi connectivity index (χ0) is 30.7. The molecule has 0 spiro atoms. The summed E-state index contributed by atoms with van der Waals surface area (Å²) >= 11 is 1.83. The number of thiophene rings is 1. The molecule has 3 aromatic rings. The highest BCUT2D eigenvalue weighted by Gasteiger charge is 1.98. The molecule has 1 nitrogen and oxygen atoms in total. The van der Waals surface area contributed by atoms with Gasteiger partial charge in [-0.2, -0.15) is 0 Å². The van der Waals surface area contributed by atoms with Gasteiger partial charge in [-0.15, -0.1) is 11.3 Å². The van der Waals surface area contributed by atoms with Crippen LogP contribution in [-0.2, 0) is 0 Å². The fourth-order valence-corrected chi connectivity index (χ4v) is 2.82. The van der Waals surface area contributed by atoms with Crippen molar-refractivity contribution in [2.75, 3.05) is 0 Å². The van der Waals surface area contributed by atoms with Crippen LogP contribution in [-0.4, -0.2) is 0 Å². The number of hydrogen-bond donors (Lipinski definition) is 0. The molecule has 0 N–H and O–H groups in total. The lowest BCUT2D eigenvalue weighted by atomic mass is 10.0. The van der Waals surface area contributed by atoms with Crippen LogP contribution in [0, 0.1) is 0 Å². The van der Waals surface area contributed by atoms with E-state index in [0.29, 0.717) is 17.8 Å².